The molecular formula is C22H19N3O4. The SMILES string of the molecule is Cc1nc(C(O)Cc2cc(=O)c(O)cn2-c2cccc(-c3ccccc3)c2)no1. The molecule has 0 fully saturated rings. The van der Waals surface area contributed by atoms with Crippen molar-refractivity contribution < 1.29 is 14.7 Å². The fourth-order valence-corrected chi connectivity index (χ4v) is 3.17. The molecule has 0 bridgehead atoms. The maximum absolute atomic E-state index is 12.0. The lowest BCUT2D eigenvalue weighted by atomic mass is 10.0. The minimum absolute atomic E-state index is 0.0735. The van der Waals surface area contributed by atoms with Gasteiger partial charge in [0.05, 0.1) is 6.20 Å². The van der Waals surface area contributed by atoms with E-state index in [0.29, 0.717) is 11.6 Å². The van der Waals surface area contributed by atoms with Gasteiger partial charge in [-0.05, 0) is 23.3 Å². The van der Waals surface area contributed by atoms with Crippen molar-refractivity contribution in [2.24, 2.45) is 0 Å². The van der Waals surface area contributed by atoms with E-state index in [1.807, 2.05) is 54.6 Å². The monoisotopic (exact) mass is 389 g/mol. The molecule has 2 N–H and O–H groups in total. The Morgan fingerprint density at radius 2 is 1.83 bits per heavy atom. The third-order valence-corrected chi connectivity index (χ3v) is 4.59. The molecule has 0 saturated heterocycles. The fourth-order valence-electron chi connectivity index (χ4n) is 3.17. The van der Waals surface area contributed by atoms with Crippen molar-refractivity contribution >= 4 is 0 Å². The number of aryl methyl sites for hydroxylation is 1. The Balaban J connectivity index is 1.76. The summed E-state index contributed by atoms with van der Waals surface area (Å²) in [5.74, 6) is 0.120. The van der Waals surface area contributed by atoms with Crippen LogP contribution in [0.25, 0.3) is 16.8 Å². The predicted molar refractivity (Wildman–Crippen MR) is 107 cm³/mol. The number of hydrogen-bond acceptors (Lipinski definition) is 6. The molecule has 2 heterocycles. The summed E-state index contributed by atoms with van der Waals surface area (Å²) in [6.45, 7) is 1.63. The van der Waals surface area contributed by atoms with Crippen molar-refractivity contribution in [3.63, 3.8) is 0 Å². The first-order valence-corrected chi connectivity index (χ1v) is 9.10. The smallest absolute Gasteiger partial charge is 0.223 e. The van der Waals surface area contributed by atoms with E-state index in [9.17, 15) is 15.0 Å². The number of hydrogen-bond donors (Lipinski definition) is 2. The van der Waals surface area contributed by atoms with Gasteiger partial charge in [-0.3, -0.25) is 4.79 Å². The number of nitrogens with zero attached hydrogens (tertiary/aromatic N) is 3. The largest absolute Gasteiger partial charge is 0.503 e. The van der Waals surface area contributed by atoms with Crippen LogP contribution in [-0.2, 0) is 6.42 Å². The van der Waals surface area contributed by atoms with Crippen molar-refractivity contribution in [2.75, 3.05) is 0 Å². The highest BCUT2D eigenvalue weighted by Crippen LogP contribution is 2.25. The summed E-state index contributed by atoms with van der Waals surface area (Å²) < 4.78 is 6.60. The lowest BCUT2D eigenvalue weighted by Crippen LogP contribution is -2.15. The summed E-state index contributed by atoms with van der Waals surface area (Å²) in [5.41, 5.74) is 2.76. The van der Waals surface area contributed by atoms with Crippen LogP contribution in [-0.4, -0.2) is 24.9 Å². The third-order valence-electron chi connectivity index (χ3n) is 4.59. The Bertz CT molecular complexity index is 1200. The second-order valence-electron chi connectivity index (χ2n) is 6.69. The van der Waals surface area contributed by atoms with Gasteiger partial charge in [0, 0.05) is 30.8 Å². The van der Waals surface area contributed by atoms with Gasteiger partial charge in [0.2, 0.25) is 17.1 Å². The van der Waals surface area contributed by atoms with Crippen LogP contribution in [0.15, 0.2) is 76.2 Å². The molecule has 29 heavy (non-hydrogen) atoms. The van der Waals surface area contributed by atoms with Crippen molar-refractivity contribution in [3.05, 3.63) is 94.5 Å². The van der Waals surface area contributed by atoms with Gasteiger partial charge in [0.15, 0.2) is 5.75 Å². The van der Waals surface area contributed by atoms with Gasteiger partial charge >= 0.3 is 0 Å². The number of aliphatic hydroxyl groups is 1. The highest BCUT2D eigenvalue weighted by Gasteiger charge is 2.18. The van der Waals surface area contributed by atoms with Gasteiger partial charge in [-0.2, -0.15) is 4.98 Å². The lowest BCUT2D eigenvalue weighted by molar-refractivity contribution is 0.162. The molecule has 2 aromatic heterocycles. The zero-order chi connectivity index (χ0) is 20.4. The number of aromatic nitrogens is 3. The van der Waals surface area contributed by atoms with E-state index in [-0.39, 0.29) is 18.0 Å². The van der Waals surface area contributed by atoms with E-state index < -0.39 is 11.5 Å². The summed E-state index contributed by atoms with van der Waals surface area (Å²) in [6.07, 6.45) is 0.375. The zero-order valence-corrected chi connectivity index (χ0v) is 15.7. The first-order chi connectivity index (χ1) is 14.0. The van der Waals surface area contributed by atoms with E-state index in [1.165, 1.54) is 12.3 Å². The molecular weight excluding hydrogens is 370 g/mol. The Morgan fingerprint density at radius 1 is 1.07 bits per heavy atom. The van der Waals surface area contributed by atoms with Crippen LogP contribution in [0.1, 0.15) is 23.5 Å². The zero-order valence-electron chi connectivity index (χ0n) is 15.7. The minimum Gasteiger partial charge on any atom is -0.503 e. The minimum atomic E-state index is -1.06. The molecule has 7 heteroatoms. The number of aliphatic hydroxyl groups excluding tert-OH is 1. The normalized spacial score (nSPS) is 12.1. The topological polar surface area (TPSA) is 101 Å². The van der Waals surface area contributed by atoms with Gasteiger partial charge < -0.3 is 19.3 Å². The Morgan fingerprint density at radius 3 is 2.55 bits per heavy atom. The summed E-state index contributed by atoms with van der Waals surface area (Å²) in [5, 5.41) is 24.2. The van der Waals surface area contributed by atoms with Crippen LogP contribution in [0, 0.1) is 6.92 Å². The van der Waals surface area contributed by atoms with Crippen LogP contribution in [0.3, 0.4) is 0 Å². The van der Waals surface area contributed by atoms with Crippen molar-refractivity contribution in [1.29, 1.82) is 0 Å². The number of benzene rings is 2. The van der Waals surface area contributed by atoms with Gasteiger partial charge in [-0.15, -0.1) is 0 Å². The van der Waals surface area contributed by atoms with Crippen LogP contribution in [0.5, 0.6) is 5.75 Å². The van der Waals surface area contributed by atoms with Gasteiger partial charge in [0.1, 0.15) is 6.10 Å². The number of aromatic hydroxyl groups is 1. The van der Waals surface area contributed by atoms with Crippen LogP contribution >= 0.6 is 0 Å². The fraction of sp³-hybridized carbons (Fsp3) is 0.136. The lowest BCUT2D eigenvalue weighted by Gasteiger charge is -2.16. The molecule has 0 saturated carbocycles. The highest BCUT2D eigenvalue weighted by molar-refractivity contribution is 5.66. The van der Waals surface area contributed by atoms with Gasteiger partial charge in [-0.1, -0.05) is 47.6 Å². The molecule has 0 aliphatic carbocycles. The van der Waals surface area contributed by atoms with Crippen LogP contribution < -0.4 is 5.43 Å². The molecule has 1 atom stereocenters. The van der Waals surface area contributed by atoms with Crippen molar-refractivity contribution in [1.82, 2.24) is 14.7 Å². The molecule has 0 aliphatic rings. The maximum Gasteiger partial charge on any atom is 0.223 e. The summed E-state index contributed by atoms with van der Waals surface area (Å²) in [6, 6.07) is 18.9. The molecule has 0 aliphatic heterocycles. The quantitative estimate of drug-likeness (QED) is 0.544. The molecule has 4 aromatic rings. The summed E-state index contributed by atoms with van der Waals surface area (Å²) >= 11 is 0. The third kappa shape index (κ3) is 3.95. The van der Waals surface area contributed by atoms with E-state index >= 15 is 0 Å². The molecule has 1 unspecified atom stereocenters. The molecule has 2 aromatic carbocycles. The van der Waals surface area contributed by atoms with Crippen molar-refractivity contribution in [3.8, 4) is 22.6 Å². The molecule has 146 valence electrons. The first kappa shape index (κ1) is 18.6. The van der Waals surface area contributed by atoms with Crippen LogP contribution in [0.2, 0.25) is 0 Å². The van der Waals surface area contributed by atoms with E-state index in [1.54, 1.807) is 11.5 Å². The average Bonchev–Trinajstić information content (AvgIpc) is 3.18. The second-order valence-corrected chi connectivity index (χ2v) is 6.69. The Kier molecular flexibility index (Phi) is 4.97. The predicted octanol–water partition coefficient (Wildman–Crippen LogP) is 3.18. The molecule has 0 amide bonds. The van der Waals surface area contributed by atoms with Crippen molar-refractivity contribution in [2.45, 2.75) is 19.4 Å². The molecule has 4 rings (SSSR count). The standard InChI is InChI=1S/C22H19N3O4/c1-14-23-22(24-29-14)20(27)12-18-11-19(26)21(28)13-25(18)17-9-5-8-16(10-17)15-6-3-2-4-7-15/h2-11,13,20,27-28H,12H2,1H3. The number of rotatable bonds is 5. The number of pyridine rings is 1. The Hall–Kier alpha value is -3.71. The molecule has 7 nitrogen and oxygen atoms in total. The highest BCUT2D eigenvalue weighted by atomic mass is 16.5. The first-order valence-electron chi connectivity index (χ1n) is 9.10. The van der Waals surface area contributed by atoms with Crippen LogP contribution in [0.4, 0.5) is 0 Å². The van der Waals surface area contributed by atoms with E-state index in [0.717, 1.165) is 16.8 Å². The van der Waals surface area contributed by atoms with Gasteiger partial charge in [0.25, 0.3) is 0 Å². The molecule has 0 radical (unpaired) electrons. The van der Waals surface area contributed by atoms with E-state index in [2.05, 4.69) is 10.1 Å². The molecule has 0 spiro atoms. The average molecular weight is 389 g/mol. The maximum atomic E-state index is 12.0. The Labute approximate surface area is 166 Å². The second kappa shape index (κ2) is 7.73. The summed E-state index contributed by atoms with van der Waals surface area (Å²) in [7, 11) is 0. The summed E-state index contributed by atoms with van der Waals surface area (Å²) in [4.78, 5) is 16.1. The van der Waals surface area contributed by atoms with E-state index in [4.69, 9.17) is 4.52 Å². The van der Waals surface area contributed by atoms with Gasteiger partial charge in [-0.25, -0.2) is 0 Å².